The quantitative estimate of drug-likeness (QED) is 0.696. The van der Waals surface area contributed by atoms with Gasteiger partial charge in [-0.15, -0.1) is 0 Å². The van der Waals surface area contributed by atoms with Crippen LogP contribution in [0.25, 0.3) is 11.1 Å². The molecule has 1 unspecified atom stereocenters. The lowest BCUT2D eigenvalue weighted by molar-refractivity contribution is -0.144. The molecule has 1 atom stereocenters. The SMILES string of the molecule is Cn1cc(C(C)(NC(=O)OCC2c3ccccc3-c3ccccc32)C(=O)O)cn1. The first kappa shape index (κ1) is 18.7. The molecule has 7 nitrogen and oxygen atoms in total. The molecule has 29 heavy (non-hydrogen) atoms. The Morgan fingerprint density at radius 3 is 2.24 bits per heavy atom. The van der Waals surface area contributed by atoms with E-state index in [9.17, 15) is 14.7 Å². The van der Waals surface area contributed by atoms with Crippen molar-refractivity contribution in [3.63, 3.8) is 0 Å². The normalized spacial score (nSPS) is 14.6. The fourth-order valence-corrected chi connectivity index (χ4v) is 3.77. The highest BCUT2D eigenvalue weighted by molar-refractivity contribution is 5.85. The molecule has 1 aromatic heterocycles. The molecule has 0 saturated carbocycles. The second-order valence-corrected chi connectivity index (χ2v) is 7.28. The van der Waals surface area contributed by atoms with Crippen molar-refractivity contribution in [3.8, 4) is 11.1 Å². The molecule has 2 N–H and O–H groups in total. The molecule has 4 rings (SSSR count). The monoisotopic (exact) mass is 391 g/mol. The summed E-state index contributed by atoms with van der Waals surface area (Å²) in [5, 5.41) is 16.1. The van der Waals surface area contributed by atoms with Crippen LogP contribution in [-0.2, 0) is 22.1 Å². The van der Waals surface area contributed by atoms with Crippen molar-refractivity contribution >= 4 is 12.1 Å². The third-order valence-corrected chi connectivity index (χ3v) is 5.41. The second kappa shape index (κ2) is 7.09. The van der Waals surface area contributed by atoms with Crippen LogP contribution in [0.15, 0.2) is 60.9 Å². The number of carbonyl (C=O) groups is 2. The standard InChI is InChI=1S/C22H21N3O4/c1-22(20(26)27,14-11-23-25(2)12-14)24-21(28)29-13-19-17-9-5-3-7-15(17)16-8-4-6-10-18(16)19/h3-12,19H,13H2,1-2H3,(H,24,28)(H,26,27). The highest BCUT2D eigenvalue weighted by atomic mass is 16.5. The largest absolute Gasteiger partial charge is 0.479 e. The maximum Gasteiger partial charge on any atom is 0.408 e. The molecule has 2 aromatic carbocycles. The molecule has 1 heterocycles. The molecule has 0 radical (unpaired) electrons. The molecule has 1 aliphatic carbocycles. The van der Waals surface area contributed by atoms with Crippen LogP contribution in [0, 0.1) is 0 Å². The number of aromatic nitrogens is 2. The van der Waals surface area contributed by atoms with Crippen LogP contribution >= 0.6 is 0 Å². The van der Waals surface area contributed by atoms with Crippen molar-refractivity contribution in [2.75, 3.05) is 6.61 Å². The van der Waals surface area contributed by atoms with Gasteiger partial charge in [0.15, 0.2) is 5.54 Å². The van der Waals surface area contributed by atoms with Crippen LogP contribution in [0.1, 0.15) is 29.5 Å². The summed E-state index contributed by atoms with van der Waals surface area (Å²) >= 11 is 0. The number of aliphatic carboxylic acids is 1. The minimum Gasteiger partial charge on any atom is -0.479 e. The number of alkyl carbamates (subject to hydrolysis) is 1. The summed E-state index contributed by atoms with van der Waals surface area (Å²) in [6.07, 6.45) is 2.18. The van der Waals surface area contributed by atoms with Crippen molar-refractivity contribution < 1.29 is 19.4 Å². The van der Waals surface area contributed by atoms with E-state index < -0.39 is 17.6 Å². The molecule has 148 valence electrons. The van der Waals surface area contributed by atoms with Gasteiger partial charge in [-0.05, 0) is 29.2 Å². The number of ether oxygens (including phenoxy) is 1. The molecule has 0 fully saturated rings. The summed E-state index contributed by atoms with van der Waals surface area (Å²) < 4.78 is 6.96. The number of carbonyl (C=O) groups excluding carboxylic acids is 1. The van der Waals surface area contributed by atoms with Crippen molar-refractivity contribution in [1.82, 2.24) is 15.1 Å². The van der Waals surface area contributed by atoms with E-state index in [4.69, 9.17) is 4.74 Å². The Morgan fingerprint density at radius 2 is 1.72 bits per heavy atom. The fourth-order valence-electron chi connectivity index (χ4n) is 3.77. The van der Waals surface area contributed by atoms with Crippen LogP contribution in [0.2, 0.25) is 0 Å². The minimum atomic E-state index is -1.64. The summed E-state index contributed by atoms with van der Waals surface area (Å²) in [6, 6.07) is 16.0. The zero-order valence-corrected chi connectivity index (χ0v) is 16.1. The molecule has 1 amide bonds. The second-order valence-electron chi connectivity index (χ2n) is 7.28. The van der Waals surface area contributed by atoms with Gasteiger partial charge in [-0.2, -0.15) is 5.10 Å². The Labute approximate surface area is 167 Å². The highest BCUT2D eigenvalue weighted by Gasteiger charge is 2.39. The van der Waals surface area contributed by atoms with Crippen LogP contribution < -0.4 is 5.32 Å². The first-order valence-corrected chi connectivity index (χ1v) is 9.26. The van der Waals surface area contributed by atoms with E-state index in [0.29, 0.717) is 5.56 Å². The molecular weight excluding hydrogens is 370 g/mol. The lowest BCUT2D eigenvalue weighted by atomic mass is 9.95. The van der Waals surface area contributed by atoms with E-state index in [1.165, 1.54) is 17.8 Å². The van der Waals surface area contributed by atoms with Gasteiger partial charge in [-0.3, -0.25) is 4.68 Å². The number of carboxylic acid groups (broad SMARTS) is 1. The molecule has 7 heteroatoms. The van der Waals surface area contributed by atoms with Gasteiger partial charge < -0.3 is 15.2 Å². The zero-order valence-electron chi connectivity index (χ0n) is 16.1. The van der Waals surface area contributed by atoms with Crippen molar-refractivity contribution in [3.05, 3.63) is 77.6 Å². The number of hydrogen-bond acceptors (Lipinski definition) is 4. The van der Waals surface area contributed by atoms with Gasteiger partial charge in [-0.1, -0.05) is 48.5 Å². The molecule has 0 spiro atoms. The predicted octanol–water partition coefficient (Wildman–Crippen LogP) is 3.26. The van der Waals surface area contributed by atoms with E-state index in [2.05, 4.69) is 22.5 Å². The Morgan fingerprint density at radius 1 is 1.14 bits per heavy atom. The molecular formula is C22H21N3O4. The van der Waals surface area contributed by atoms with Crippen LogP contribution in [0.4, 0.5) is 4.79 Å². The smallest absolute Gasteiger partial charge is 0.408 e. The van der Waals surface area contributed by atoms with E-state index in [1.807, 2.05) is 36.4 Å². The molecule has 1 aliphatic rings. The Hall–Kier alpha value is -3.61. The number of rotatable bonds is 5. The van der Waals surface area contributed by atoms with Crippen molar-refractivity contribution in [2.24, 2.45) is 7.05 Å². The van der Waals surface area contributed by atoms with Crippen molar-refractivity contribution in [2.45, 2.75) is 18.4 Å². The Kier molecular flexibility index (Phi) is 4.58. The third kappa shape index (κ3) is 3.24. The lowest BCUT2D eigenvalue weighted by Crippen LogP contribution is -2.49. The lowest BCUT2D eigenvalue weighted by Gasteiger charge is -2.25. The summed E-state index contributed by atoms with van der Waals surface area (Å²) in [6.45, 7) is 1.52. The number of carboxylic acids is 1. The number of nitrogens with zero attached hydrogens (tertiary/aromatic N) is 2. The number of fused-ring (bicyclic) bond motifs is 3. The van der Waals surface area contributed by atoms with Gasteiger partial charge in [0.1, 0.15) is 6.61 Å². The minimum absolute atomic E-state index is 0.0948. The maximum atomic E-state index is 12.5. The first-order chi connectivity index (χ1) is 13.9. The van der Waals surface area contributed by atoms with Gasteiger partial charge in [0.25, 0.3) is 0 Å². The van der Waals surface area contributed by atoms with Crippen LogP contribution in [-0.4, -0.2) is 33.6 Å². The average Bonchev–Trinajstić information content (AvgIpc) is 3.28. The Bertz CT molecular complexity index is 1050. The van der Waals surface area contributed by atoms with Gasteiger partial charge in [0.05, 0.1) is 6.20 Å². The van der Waals surface area contributed by atoms with E-state index in [1.54, 1.807) is 13.2 Å². The van der Waals surface area contributed by atoms with Gasteiger partial charge >= 0.3 is 12.1 Å². The topological polar surface area (TPSA) is 93.5 Å². The molecule has 0 bridgehead atoms. The number of amides is 1. The van der Waals surface area contributed by atoms with Gasteiger partial charge in [-0.25, -0.2) is 9.59 Å². The maximum absolute atomic E-state index is 12.5. The summed E-state index contributed by atoms with van der Waals surface area (Å²) in [5.74, 6) is -1.29. The number of aryl methyl sites for hydroxylation is 1. The first-order valence-electron chi connectivity index (χ1n) is 9.26. The van der Waals surface area contributed by atoms with E-state index >= 15 is 0 Å². The number of nitrogens with one attached hydrogen (secondary N) is 1. The molecule has 0 saturated heterocycles. The summed E-state index contributed by atoms with van der Waals surface area (Å²) in [4.78, 5) is 24.3. The average molecular weight is 391 g/mol. The fraction of sp³-hybridized carbons (Fsp3) is 0.227. The van der Waals surface area contributed by atoms with E-state index in [-0.39, 0.29) is 12.5 Å². The van der Waals surface area contributed by atoms with Gasteiger partial charge in [0.2, 0.25) is 0 Å². The highest BCUT2D eigenvalue weighted by Crippen LogP contribution is 2.44. The summed E-state index contributed by atoms with van der Waals surface area (Å²) in [5.41, 5.74) is 3.16. The molecule has 0 aliphatic heterocycles. The predicted molar refractivity (Wildman–Crippen MR) is 106 cm³/mol. The van der Waals surface area contributed by atoms with Crippen molar-refractivity contribution in [1.29, 1.82) is 0 Å². The third-order valence-electron chi connectivity index (χ3n) is 5.41. The van der Waals surface area contributed by atoms with Gasteiger partial charge in [0, 0.05) is 24.7 Å². The van der Waals surface area contributed by atoms with Crippen LogP contribution in [0.3, 0.4) is 0 Å². The Balaban J connectivity index is 1.52. The molecule has 3 aromatic rings. The number of benzene rings is 2. The number of hydrogen-bond donors (Lipinski definition) is 2. The van der Waals surface area contributed by atoms with E-state index in [0.717, 1.165) is 22.3 Å². The van der Waals surface area contributed by atoms with Crippen LogP contribution in [0.5, 0.6) is 0 Å². The summed E-state index contributed by atoms with van der Waals surface area (Å²) in [7, 11) is 1.68. The zero-order chi connectivity index (χ0) is 20.6.